The predicted molar refractivity (Wildman–Crippen MR) is 80.6 cm³/mol. The van der Waals surface area contributed by atoms with Gasteiger partial charge in [-0.3, -0.25) is 0 Å². The first-order chi connectivity index (χ1) is 11.1. The highest BCUT2D eigenvalue weighted by Gasteiger charge is 2.49. The molecule has 0 aliphatic heterocycles. The highest BCUT2D eigenvalue weighted by molar-refractivity contribution is 7.87. The smallest absolute Gasteiger partial charge is 0.464 e. The number of rotatable bonds is 8. The van der Waals surface area contributed by atoms with Gasteiger partial charge in [-0.05, 0) is 38.7 Å². The monoisotopic (exact) mass is 368 g/mol. The fraction of sp³-hybridized carbons (Fsp3) is 0.533. The molecule has 24 heavy (non-hydrogen) atoms. The summed E-state index contributed by atoms with van der Waals surface area (Å²) in [4.78, 5) is 11.7. The molecule has 0 heterocycles. The molecule has 136 valence electrons. The molecule has 1 aromatic rings. The number of benzene rings is 1. The number of hydrogen-bond donors (Lipinski definition) is 0. The van der Waals surface area contributed by atoms with E-state index in [0.29, 0.717) is 6.42 Å². The normalized spacial score (nSPS) is 13.5. The average Bonchev–Trinajstić information content (AvgIpc) is 2.45. The fourth-order valence-corrected chi connectivity index (χ4v) is 2.60. The van der Waals surface area contributed by atoms with E-state index in [0.717, 1.165) is 11.1 Å². The van der Waals surface area contributed by atoms with Gasteiger partial charge in [0.15, 0.2) is 6.10 Å². The molecule has 0 amide bonds. The molecular weight excluding hydrogens is 349 g/mol. The lowest BCUT2D eigenvalue weighted by molar-refractivity contribution is -0.152. The summed E-state index contributed by atoms with van der Waals surface area (Å²) in [6.45, 7) is 3.26. The number of alkyl halides is 3. The van der Waals surface area contributed by atoms with Gasteiger partial charge in [-0.25, -0.2) is 8.98 Å². The Hall–Kier alpha value is -1.61. The summed E-state index contributed by atoms with van der Waals surface area (Å²) in [5.74, 6) is -1.13. The molecule has 1 atom stereocenters. The molecule has 9 heteroatoms. The molecule has 0 saturated heterocycles. The lowest BCUT2D eigenvalue weighted by Gasteiger charge is -2.17. The van der Waals surface area contributed by atoms with E-state index in [-0.39, 0.29) is 19.4 Å². The lowest BCUT2D eigenvalue weighted by atomic mass is 10.0. The summed E-state index contributed by atoms with van der Waals surface area (Å²) in [6.07, 6.45) is -1.29. The molecule has 0 aliphatic carbocycles. The van der Waals surface area contributed by atoms with E-state index in [2.05, 4.69) is 8.92 Å². The van der Waals surface area contributed by atoms with Crippen molar-refractivity contribution in [1.29, 1.82) is 0 Å². The van der Waals surface area contributed by atoms with E-state index in [4.69, 9.17) is 0 Å². The largest absolute Gasteiger partial charge is 0.523 e. The first-order valence-corrected chi connectivity index (χ1v) is 8.69. The zero-order chi connectivity index (χ0) is 18.4. The van der Waals surface area contributed by atoms with E-state index in [1.54, 1.807) is 0 Å². The maximum absolute atomic E-state index is 12.4. The molecule has 0 saturated carbocycles. The van der Waals surface area contributed by atoms with Crippen LogP contribution in [0.25, 0.3) is 0 Å². The first kappa shape index (κ1) is 20.4. The second kappa shape index (κ2) is 8.48. The van der Waals surface area contributed by atoms with Crippen LogP contribution in [0.3, 0.4) is 0 Å². The maximum Gasteiger partial charge on any atom is 0.523 e. The summed E-state index contributed by atoms with van der Waals surface area (Å²) in [5.41, 5.74) is -3.64. The number of carbonyl (C=O) groups excluding carboxylic acids is 1. The van der Waals surface area contributed by atoms with Crippen molar-refractivity contribution in [3.05, 3.63) is 35.4 Å². The van der Waals surface area contributed by atoms with Crippen molar-refractivity contribution in [2.45, 2.75) is 44.7 Å². The molecular formula is C15H19F3O5S. The Bertz CT molecular complexity index is 655. The van der Waals surface area contributed by atoms with Crippen molar-refractivity contribution < 1.29 is 35.3 Å². The molecule has 0 N–H and O–H groups in total. The van der Waals surface area contributed by atoms with Crippen LogP contribution in [-0.4, -0.2) is 32.6 Å². The van der Waals surface area contributed by atoms with Crippen LogP contribution in [0.5, 0.6) is 0 Å². The number of esters is 1. The van der Waals surface area contributed by atoms with Crippen molar-refractivity contribution in [1.82, 2.24) is 0 Å². The Labute approximate surface area is 138 Å². The maximum atomic E-state index is 12.4. The predicted octanol–water partition coefficient (Wildman–Crippen LogP) is 3.12. The van der Waals surface area contributed by atoms with Crippen molar-refractivity contribution >= 4 is 16.1 Å². The van der Waals surface area contributed by atoms with Crippen LogP contribution in [0.2, 0.25) is 0 Å². The number of aryl methyl sites for hydroxylation is 2. The van der Waals surface area contributed by atoms with Crippen LogP contribution in [-0.2, 0) is 30.3 Å². The Morgan fingerprint density at radius 2 is 1.96 bits per heavy atom. The highest BCUT2D eigenvalue weighted by Crippen LogP contribution is 2.27. The van der Waals surface area contributed by atoms with Crippen LogP contribution in [0.4, 0.5) is 13.2 Å². The Morgan fingerprint density at radius 3 is 2.50 bits per heavy atom. The van der Waals surface area contributed by atoms with Gasteiger partial charge in [-0.1, -0.05) is 29.8 Å². The Morgan fingerprint density at radius 1 is 1.29 bits per heavy atom. The summed E-state index contributed by atoms with van der Waals surface area (Å²) in [5, 5.41) is 0. The number of ether oxygens (including phenoxy) is 1. The summed E-state index contributed by atoms with van der Waals surface area (Å²) >= 11 is 0. The molecule has 1 unspecified atom stereocenters. The number of hydrogen-bond acceptors (Lipinski definition) is 5. The van der Waals surface area contributed by atoms with Gasteiger partial charge in [0.2, 0.25) is 0 Å². The van der Waals surface area contributed by atoms with E-state index in [1.807, 2.05) is 31.2 Å². The van der Waals surface area contributed by atoms with Gasteiger partial charge >= 0.3 is 21.6 Å². The quantitative estimate of drug-likeness (QED) is 0.401. The van der Waals surface area contributed by atoms with Crippen molar-refractivity contribution in [2.75, 3.05) is 6.61 Å². The third kappa shape index (κ3) is 6.12. The molecule has 0 aliphatic rings. The van der Waals surface area contributed by atoms with Crippen molar-refractivity contribution in [3.8, 4) is 0 Å². The highest BCUT2D eigenvalue weighted by atomic mass is 32.2. The van der Waals surface area contributed by atoms with Gasteiger partial charge in [0, 0.05) is 0 Å². The summed E-state index contributed by atoms with van der Waals surface area (Å²) in [6, 6.07) is 7.45. The van der Waals surface area contributed by atoms with Crippen LogP contribution >= 0.6 is 0 Å². The molecule has 0 radical (unpaired) electrons. The topological polar surface area (TPSA) is 69.7 Å². The zero-order valence-electron chi connectivity index (χ0n) is 13.3. The SMILES string of the molecule is CCOC(=O)C(CCCc1cccc(C)c1)OS(=O)(=O)C(F)(F)F. The molecule has 0 fully saturated rings. The van der Waals surface area contributed by atoms with E-state index < -0.39 is 27.7 Å². The fourth-order valence-electron chi connectivity index (χ4n) is 2.01. The third-order valence-corrected chi connectivity index (χ3v) is 4.14. The second-order valence-corrected chi connectivity index (χ2v) is 6.68. The molecule has 0 aromatic heterocycles. The van der Waals surface area contributed by atoms with Gasteiger partial charge in [-0.15, -0.1) is 0 Å². The van der Waals surface area contributed by atoms with Gasteiger partial charge in [0.05, 0.1) is 6.61 Å². The molecule has 1 rings (SSSR count). The minimum atomic E-state index is -5.86. The minimum absolute atomic E-state index is 0.0946. The minimum Gasteiger partial charge on any atom is -0.464 e. The van der Waals surface area contributed by atoms with Gasteiger partial charge in [0.25, 0.3) is 0 Å². The van der Waals surface area contributed by atoms with Crippen LogP contribution in [0.1, 0.15) is 30.9 Å². The van der Waals surface area contributed by atoms with Crippen LogP contribution in [0.15, 0.2) is 24.3 Å². The molecule has 0 spiro atoms. The van der Waals surface area contributed by atoms with Gasteiger partial charge in [0.1, 0.15) is 0 Å². The van der Waals surface area contributed by atoms with Crippen LogP contribution < -0.4 is 0 Å². The standard InChI is InChI=1S/C15H19F3O5S/c1-3-22-14(19)13(23-24(20,21)15(16,17)18)9-5-8-12-7-4-6-11(2)10-12/h4,6-7,10,13H,3,5,8-9H2,1-2H3. The van der Waals surface area contributed by atoms with Crippen molar-refractivity contribution in [3.63, 3.8) is 0 Å². The van der Waals surface area contributed by atoms with E-state index >= 15 is 0 Å². The van der Waals surface area contributed by atoms with Gasteiger partial charge < -0.3 is 4.74 Å². The molecule has 1 aromatic carbocycles. The molecule has 5 nitrogen and oxygen atoms in total. The Balaban J connectivity index is 2.74. The molecule has 0 bridgehead atoms. The van der Waals surface area contributed by atoms with Gasteiger partial charge in [-0.2, -0.15) is 21.6 Å². The summed E-state index contributed by atoms with van der Waals surface area (Å²) < 4.78 is 68.1. The van der Waals surface area contributed by atoms with Crippen LogP contribution in [0, 0.1) is 6.92 Å². The second-order valence-electron chi connectivity index (χ2n) is 5.12. The number of halogens is 3. The third-order valence-electron chi connectivity index (χ3n) is 3.09. The first-order valence-electron chi connectivity index (χ1n) is 7.28. The number of carbonyl (C=O) groups is 1. The van der Waals surface area contributed by atoms with E-state index in [1.165, 1.54) is 6.92 Å². The van der Waals surface area contributed by atoms with E-state index in [9.17, 15) is 26.4 Å². The lowest BCUT2D eigenvalue weighted by Crippen LogP contribution is -2.35. The zero-order valence-corrected chi connectivity index (χ0v) is 14.1. The Kier molecular flexibility index (Phi) is 7.22. The summed E-state index contributed by atoms with van der Waals surface area (Å²) in [7, 11) is -5.86. The average molecular weight is 368 g/mol. The van der Waals surface area contributed by atoms with Crippen molar-refractivity contribution in [2.24, 2.45) is 0 Å².